The van der Waals surface area contributed by atoms with Crippen molar-refractivity contribution in [2.24, 2.45) is 0 Å². The zero-order valence-corrected chi connectivity index (χ0v) is 13.6. The largest absolute Gasteiger partial charge is 0.456 e. The lowest BCUT2D eigenvalue weighted by Gasteiger charge is -2.12. The summed E-state index contributed by atoms with van der Waals surface area (Å²) in [5, 5.41) is 4.04. The Bertz CT molecular complexity index is 610. The van der Waals surface area contributed by atoms with Crippen LogP contribution >= 0.6 is 11.6 Å². The summed E-state index contributed by atoms with van der Waals surface area (Å²) in [5.74, 6) is 1.56. The second kappa shape index (κ2) is 7.48. The van der Waals surface area contributed by atoms with E-state index in [1.165, 1.54) is 5.56 Å². The van der Waals surface area contributed by atoms with Gasteiger partial charge in [0.1, 0.15) is 11.5 Å². The van der Waals surface area contributed by atoms with Crippen LogP contribution in [0.25, 0.3) is 0 Å². The van der Waals surface area contributed by atoms with Crippen LogP contribution in [-0.2, 0) is 6.54 Å². The molecule has 0 fully saturated rings. The summed E-state index contributed by atoms with van der Waals surface area (Å²) in [6.45, 7) is 8.09. The number of benzene rings is 2. The normalized spacial score (nSPS) is 10.7. The van der Waals surface area contributed by atoms with Crippen molar-refractivity contribution in [1.82, 2.24) is 5.32 Å². The number of ether oxygens (including phenoxy) is 1. The van der Waals surface area contributed by atoms with E-state index in [1.54, 1.807) is 0 Å². The summed E-state index contributed by atoms with van der Waals surface area (Å²) in [6.07, 6.45) is 1.13. The van der Waals surface area contributed by atoms with Gasteiger partial charge in [0.15, 0.2) is 0 Å². The fraction of sp³-hybridized carbons (Fsp3) is 0.333. The van der Waals surface area contributed by atoms with E-state index in [-0.39, 0.29) is 0 Å². The minimum Gasteiger partial charge on any atom is -0.456 e. The molecule has 2 nitrogen and oxygen atoms in total. The number of hydrogen-bond donors (Lipinski definition) is 1. The van der Waals surface area contributed by atoms with Crippen LogP contribution in [0.4, 0.5) is 0 Å². The lowest BCUT2D eigenvalue weighted by molar-refractivity contribution is 0.478. The van der Waals surface area contributed by atoms with E-state index in [4.69, 9.17) is 16.3 Å². The van der Waals surface area contributed by atoms with Crippen molar-refractivity contribution in [1.29, 1.82) is 0 Å². The average molecular weight is 304 g/mol. The van der Waals surface area contributed by atoms with Crippen LogP contribution in [0.5, 0.6) is 11.5 Å². The molecule has 0 bridgehead atoms. The molecular weight excluding hydrogens is 282 g/mol. The second-order valence-corrected chi connectivity index (χ2v) is 5.72. The van der Waals surface area contributed by atoms with Gasteiger partial charge in [-0.05, 0) is 61.7 Å². The number of nitrogens with one attached hydrogen (secondary N) is 1. The smallest absolute Gasteiger partial charge is 0.146 e. The molecule has 0 aromatic heterocycles. The van der Waals surface area contributed by atoms with E-state index < -0.39 is 0 Å². The van der Waals surface area contributed by atoms with E-state index in [1.807, 2.05) is 32.0 Å². The summed E-state index contributed by atoms with van der Waals surface area (Å²) >= 11 is 6.24. The molecule has 2 rings (SSSR count). The van der Waals surface area contributed by atoms with Gasteiger partial charge < -0.3 is 10.1 Å². The van der Waals surface area contributed by atoms with E-state index in [2.05, 4.69) is 30.4 Å². The van der Waals surface area contributed by atoms with E-state index in [0.717, 1.165) is 36.4 Å². The molecule has 0 saturated heterocycles. The third kappa shape index (κ3) is 4.48. The van der Waals surface area contributed by atoms with E-state index in [9.17, 15) is 0 Å². The predicted molar refractivity (Wildman–Crippen MR) is 89.4 cm³/mol. The average Bonchev–Trinajstić information content (AvgIpc) is 2.45. The molecule has 1 N–H and O–H groups in total. The highest BCUT2D eigenvalue weighted by molar-refractivity contribution is 6.32. The van der Waals surface area contributed by atoms with Crippen molar-refractivity contribution < 1.29 is 4.74 Å². The molecule has 2 aromatic rings. The summed E-state index contributed by atoms with van der Waals surface area (Å²) in [4.78, 5) is 0. The van der Waals surface area contributed by atoms with Crippen LogP contribution in [-0.4, -0.2) is 6.54 Å². The topological polar surface area (TPSA) is 21.3 Å². The van der Waals surface area contributed by atoms with Gasteiger partial charge >= 0.3 is 0 Å². The summed E-state index contributed by atoms with van der Waals surface area (Å²) in [5.41, 5.74) is 3.44. The molecule has 0 aliphatic heterocycles. The van der Waals surface area contributed by atoms with Crippen LogP contribution in [0.2, 0.25) is 5.02 Å². The van der Waals surface area contributed by atoms with Gasteiger partial charge in [0.25, 0.3) is 0 Å². The molecule has 2 aromatic carbocycles. The van der Waals surface area contributed by atoms with E-state index in [0.29, 0.717) is 10.8 Å². The van der Waals surface area contributed by atoms with E-state index >= 15 is 0 Å². The first-order chi connectivity index (χ1) is 10.1. The first-order valence-electron chi connectivity index (χ1n) is 7.34. The summed E-state index contributed by atoms with van der Waals surface area (Å²) in [7, 11) is 0. The minimum atomic E-state index is 0.643. The number of rotatable bonds is 6. The van der Waals surface area contributed by atoms with Gasteiger partial charge in [-0.25, -0.2) is 0 Å². The molecule has 0 heterocycles. The van der Waals surface area contributed by atoms with Crippen LogP contribution < -0.4 is 10.1 Å². The first-order valence-corrected chi connectivity index (χ1v) is 7.72. The van der Waals surface area contributed by atoms with Crippen LogP contribution in [0, 0.1) is 13.8 Å². The Balaban J connectivity index is 2.16. The number of aryl methyl sites for hydroxylation is 2. The molecule has 21 heavy (non-hydrogen) atoms. The van der Waals surface area contributed by atoms with Crippen molar-refractivity contribution in [3.63, 3.8) is 0 Å². The third-order valence-electron chi connectivity index (χ3n) is 3.32. The lowest BCUT2D eigenvalue weighted by Crippen LogP contribution is -2.13. The Kier molecular flexibility index (Phi) is 5.66. The van der Waals surface area contributed by atoms with Gasteiger partial charge in [-0.15, -0.1) is 0 Å². The Labute approximate surface area is 132 Å². The Morgan fingerprint density at radius 2 is 1.86 bits per heavy atom. The van der Waals surface area contributed by atoms with Gasteiger partial charge in [0.2, 0.25) is 0 Å². The zero-order chi connectivity index (χ0) is 15.2. The monoisotopic (exact) mass is 303 g/mol. The fourth-order valence-electron chi connectivity index (χ4n) is 2.08. The molecule has 3 heteroatoms. The standard InChI is InChI=1S/C18H22ClNO/c1-4-9-20-12-15-7-6-14(3)18(11-15)21-17-8-5-13(2)10-16(17)19/h5-8,10-11,20H,4,9,12H2,1-3H3. The Hall–Kier alpha value is -1.51. The maximum Gasteiger partial charge on any atom is 0.146 e. The first kappa shape index (κ1) is 15.9. The molecule has 0 amide bonds. The zero-order valence-electron chi connectivity index (χ0n) is 12.9. The molecular formula is C18H22ClNO. The maximum atomic E-state index is 6.24. The number of halogens is 1. The molecule has 0 radical (unpaired) electrons. The van der Waals surface area contributed by atoms with Crippen molar-refractivity contribution in [3.05, 3.63) is 58.1 Å². The SMILES string of the molecule is CCCNCc1ccc(C)c(Oc2ccc(C)cc2Cl)c1. The van der Waals surface area contributed by atoms with Crippen LogP contribution in [0.1, 0.15) is 30.0 Å². The lowest BCUT2D eigenvalue weighted by atomic mass is 10.1. The Morgan fingerprint density at radius 1 is 1.05 bits per heavy atom. The third-order valence-corrected chi connectivity index (χ3v) is 3.61. The minimum absolute atomic E-state index is 0.643. The highest BCUT2D eigenvalue weighted by Gasteiger charge is 2.07. The Morgan fingerprint density at radius 3 is 2.57 bits per heavy atom. The van der Waals surface area contributed by atoms with Gasteiger partial charge in [0, 0.05) is 6.54 Å². The highest BCUT2D eigenvalue weighted by Crippen LogP contribution is 2.32. The van der Waals surface area contributed by atoms with Gasteiger partial charge in [0.05, 0.1) is 5.02 Å². The van der Waals surface area contributed by atoms with Gasteiger partial charge in [-0.1, -0.05) is 36.7 Å². The summed E-state index contributed by atoms with van der Waals surface area (Å²) < 4.78 is 5.98. The van der Waals surface area contributed by atoms with Crippen molar-refractivity contribution in [2.45, 2.75) is 33.7 Å². The molecule has 0 unspecified atom stereocenters. The van der Waals surface area contributed by atoms with Crippen molar-refractivity contribution in [2.75, 3.05) is 6.54 Å². The summed E-state index contributed by atoms with van der Waals surface area (Å²) in [6, 6.07) is 12.1. The van der Waals surface area contributed by atoms with Crippen molar-refractivity contribution in [3.8, 4) is 11.5 Å². The highest BCUT2D eigenvalue weighted by atomic mass is 35.5. The maximum absolute atomic E-state index is 6.24. The molecule has 0 spiro atoms. The van der Waals surface area contributed by atoms with Gasteiger partial charge in [-0.2, -0.15) is 0 Å². The fourth-order valence-corrected chi connectivity index (χ4v) is 2.35. The van der Waals surface area contributed by atoms with Crippen LogP contribution in [0.15, 0.2) is 36.4 Å². The molecule has 0 aliphatic rings. The number of hydrogen-bond acceptors (Lipinski definition) is 2. The van der Waals surface area contributed by atoms with Crippen molar-refractivity contribution >= 4 is 11.6 Å². The quantitative estimate of drug-likeness (QED) is 0.736. The predicted octanol–water partition coefficient (Wildman–Crippen LogP) is 5.25. The molecule has 0 aliphatic carbocycles. The molecule has 112 valence electrons. The van der Waals surface area contributed by atoms with Crippen LogP contribution in [0.3, 0.4) is 0 Å². The van der Waals surface area contributed by atoms with Gasteiger partial charge in [-0.3, -0.25) is 0 Å². The molecule has 0 atom stereocenters. The second-order valence-electron chi connectivity index (χ2n) is 5.31. The molecule has 0 saturated carbocycles.